The number of aromatic nitrogens is 2. The molecule has 0 spiro atoms. The summed E-state index contributed by atoms with van der Waals surface area (Å²) in [7, 11) is 3.16. The number of piperidine rings is 1. The Morgan fingerprint density at radius 3 is 2.45 bits per heavy atom. The van der Waals surface area contributed by atoms with Crippen molar-refractivity contribution in [3.63, 3.8) is 0 Å². The minimum Gasteiger partial charge on any atom is -0.493 e. The molecule has 162 valence electrons. The maximum absolute atomic E-state index is 13.3. The molecule has 1 saturated heterocycles. The number of likely N-dealkylation sites (tertiary alicyclic amines) is 1. The number of ether oxygens (including phenoxy) is 2. The van der Waals surface area contributed by atoms with Crippen molar-refractivity contribution in [2.45, 2.75) is 29.7 Å². The lowest BCUT2D eigenvalue weighted by atomic mass is 10.1. The predicted octanol–water partition coefficient (Wildman–Crippen LogP) is 4.60. The predicted molar refractivity (Wildman–Crippen MR) is 118 cm³/mol. The lowest BCUT2D eigenvalue weighted by Crippen LogP contribution is -2.38. The molecule has 0 saturated carbocycles. The summed E-state index contributed by atoms with van der Waals surface area (Å²) in [6.45, 7) is 1.59. The maximum atomic E-state index is 13.3. The van der Waals surface area contributed by atoms with Crippen LogP contribution in [0.15, 0.2) is 58.2 Å². The first kappa shape index (κ1) is 21.2. The highest BCUT2D eigenvalue weighted by Crippen LogP contribution is 2.38. The molecule has 0 radical (unpaired) electrons. The second-order valence-electron chi connectivity index (χ2n) is 7.24. The highest BCUT2D eigenvalue weighted by atomic mass is 32.2. The monoisotopic (exact) mass is 439 g/mol. The Bertz CT molecular complexity index is 1020. The van der Waals surface area contributed by atoms with Gasteiger partial charge in [-0.15, -0.1) is 10.2 Å². The normalized spacial score (nSPS) is 14.8. The van der Waals surface area contributed by atoms with Crippen LogP contribution in [0.1, 0.15) is 30.1 Å². The fraction of sp³-hybridized carbons (Fsp3) is 0.348. The molecule has 7 nitrogen and oxygen atoms in total. The fourth-order valence-corrected chi connectivity index (χ4v) is 4.57. The van der Waals surface area contributed by atoms with Gasteiger partial charge in [0.25, 0.3) is 5.22 Å². The van der Waals surface area contributed by atoms with Gasteiger partial charge in [0, 0.05) is 18.7 Å². The molecule has 8 heteroatoms. The van der Waals surface area contributed by atoms with Crippen LogP contribution in [-0.4, -0.2) is 48.3 Å². The number of methoxy groups -OCH3 is 2. The number of nitrogens with zero attached hydrogens (tertiary/aromatic N) is 3. The number of thioether (sulfide) groups is 1. The van der Waals surface area contributed by atoms with Crippen molar-refractivity contribution in [3.05, 3.63) is 54.1 Å². The van der Waals surface area contributed by atoms with Crippen LogP contribution in [0.25, 0.3) is 11.5 Å². The molecule has 0 unspecified atom stereocenters. The highest BCUT2D eigenvalue weighted by molar-refractivity contribution is 8.00. The molecule has 0 N–H and O–H groups in total. The first-order valence-corrected chi connectivity index (χ1v) is 11.1. The van der Waals surface area contributed by atoms with Crippen LogP contribution in [-0.2, 0) is 4.79 Å². The molecule has 1 aliphatic rings. The van der Waals surface area contributed by atoms with Crippen molar-refractivity contribution in [1.82, 2.24) is 15.1 Å². The molecule has 2 heterocycles. The van der Waals surface area contributed by atoms with E-state index in [1.807, 2.05) is 41.3 Å². The van der Waals surface area contributed by atoms with E-state index in [1.165, 1.54) is 18.2 Å². The maximum Gasteiger partial charge on any atom is 0.277 e. The Morgan fingerprint density at radius 1 is 1.00 bits per heavy atom. The third-order valence-corrected chi connectivity index (χ3v) is 6.33. The Kier molecular flexibility index (Phi) is 6.76. The van der Waals surface area contributed by atoms with Crippen LogP contribution < -0.4 is 9.47 Å². The average molecular weight is 440 g/mol. The molecule has 2 aromatic carbocycles. The van der Waals surface area contributed by atoms with E-state index >= 15 is 0 Å². The lowest BCUT2D eigenvalue weighted by molar-refractivity contribution is -0.131. The van der Waals surface area contributed by atoms with Gasteiger partial charge in [0.2, 0.25) is 11.8 Å². The Hall–Kier alpha value is -3.00. The summed E-state index contributed by atoms with van der Waals surface area (Å²) in [6, 6.07) is 15.2. The van der Waals surface area contributed by atoms with Crippen molar-refractivity contribution in [3.8, 4) is 23.0 Å². The van der Waals surface area contributed by atoms with Gasteiger partial charge in [-0.1, -0.05) is 30.3 Å². The van der Waals surface area contributed by atoms with Crippen LogP contribution in [0.5, 0.6) is 11.5 Å². The molecule has 1 atom stereocenters. The molecular formula is C23H25N3O4S. The first-order valence-electron chi connectivity index (χ1n) is 10.3. The molecular weight excluding hydrogens is 414 g/mol. The second-order valence-corrected chi connectivity index (χ2v) is 8.29. The summed E-state index contributed by atoms with van der Waals surface area (Å²) in [4.78, 5) is 15.3. The van der Waals surface area contributed by atoms with Crippen molar-refractivity contribution in [1.29, 1.82) is 0 Å². The molecule has 0 aliphatic carbocycles. The average Bonchev–Trinajstić information content (AvgIpc) is 3.31. The van der Waals surface area contributed by atoms with Gasteiger partial charge in [0.1, 0.15) is 5.25 Å². The van der Waals surface area contributed by atoms with Gasteiger partial charge in [-0.05, 0) is 54.8 Å². The van der Waals surface area contributed by atoms with Crippen molar-refractivity contribution < 1.29 is 18.7 Å². The highest BCUT2D eigenvalue weighted by Gasteiger charge is 2.30. The Balaban J connectivity index is 1.58. The minimum absolute atomic E-state index is 0.0850. The van der Waals surface area contributed by atoms with E-state index in [9.17, 15) is 4.79 Å². The zero-order valence-electron chi connectivity index (χ0n) is 17.6. The molecule has 3 aromatic rings. The summed E-state index contributed by atoms with van der Waals surface area (Å²) >= 11 is 1.29. The number of carbonyl (C=O) groups is 1. The SMILES string of the molecule is COc1ccc(-c2nnc(S[C@H](C(=O)N3CCCCC3)c3ccccc3)o2)cc1OC. The Morgan fingerprint density at radius 2 is 1.74 bits per heavy atom. The summed E-state index contributed by atoms with van der Waals surface area (Å²) in [5, 5.41) is 8.28. The summed E-state index contributed by atoms with van der Waals surface area (Å²) in [5.74, 6) is 1.65. The zero-order valence-corrected chi connectivity index (χ0v) is 18.4. The van der Waals surface area contributed by atoms with E-state index in [1.54, 1.807) is 26.4 Å². The topological polar surface area (TPSA) is 77.7 Å². The summed E-state index contributed by atoms with van der Waals surface area (Å²) in [6.07, 6.45) is 3.26. The van der Waals surface area contributed by atoms with Gasteiger partial charge in [0.15, 0.2) is 11.5 Å². The van der Waals surface area contributed by atoms with Crippen LogP contribution in [0.3, 0.4) is 0 Å². The van der Waals surface area contributed by atoms with Crippen molar-refractivity contribution in [2.75, 3.05) is 27.3 Å². The second kappa shape index (κ2) is 9.87. The van der Waals surface area contributed by atoms with E-state index in [0.717, 1.165) is 37.1 Å². The molecule has 1 aliphatic heterocycles. The van der Waals surface area contributed by atoms with Gasteiger partial charge in [-0.2, -0.15) is 0 Å². The number of rotatable bonds is 7. The number of hydrogen-bond donors (Lipinski definition) is 0. The zero-order chi connectivity index (χ0) is 21.6. The molecule has 31 heavy (non-hydrogen) atoms. The lowest BCUT2D eigenvalue weighted by Gasteiger charge is -2.29. The summed E-state index contributed by atoms with van der Waals surface area (Å²) < 4.78 is 16.5. The van der Waals surface area contributed by atoms with Gasteiger partial charge >= 0.3 is 0 Å². The smallest absolute Gasteiger partial charge is 0.277 e. The van der Waals surface area contributed by atoms with E-state index in [2.05, 4.69) is 10.2 Å². The fourth-order valence-electron chi connectivity index (χ4n) is 3.61. The number of amides is 1. The number of carbonyl (C=O) groups excluding carboxylic acids is 1. The molecule has 1 amide bonds. The van der Waals surface area contributed by atoms with Crippen LogP contribution >= 0.6 is 11.8 Å². The number of benzene rings is 2. The number of hydrogen-bond acceptors (Lipinski definition) is 7. The molecule has 4 rings (SSSR count). The van der Waals surface area contributed by atoms with E-state index in [-0.39, 0.29) is 5.91 Å². The quantitative estimate of drug-likeness (QED) is 0.498. The van der Waals surface area contributed by atoms with E-state index < -0.39 is 5.25 Å². The standard InChI is InChI=1S/C23H25N3O4S/c1-28-18-12-11-17(15-19(18)29-2)21-24-25-23(30-21)31-20(16-9-5-3-6-10-16)22(27)26-13-7-4-8-14-26/h3,5-6,9-12,15,20H,4,7-8,13-14H2,1-2H3/t20-/m0/s1. The van der Waals surface area contributed by atoms with Gasteiger partial charge in [-0.3, -0.25) is 4.79 Å². The Labute approximate surface area is 185 Å². The van der Waals surface area contributed by atoms with Crippen LogP contribution in [0.2, 0.25) is 0 Å². The first-order chi connectivity index (χ1) is 15.2. The molecule has 0 bridgehead atoms. The van der Waals surface area contributed by atoms with Gasteiger partial charge in [-0.25, -0.2) is 0 Å². The van der Waals surface area contributed by atoms with Crippen molar-refractivity contribution in [2.24, 2.45) is 0 Å². The largest absolute Gasteiger partial charge is 0.493 e. The molecule has 1 aromatic heterocycles. The van der Waals surface area contributed by atoms with Gasteiger partial charge < -0.3 is 18.8 Å². The van der Waals surface area contributed by atoms with Crippen molar-refractivity contribution >= 4 is 17.7 Å². The van der Waals surface area contributed by atoms with Crippen LogP contribution in [0.4, 0.5) is 0 Å². The minimum atomic E-state index is -0.432. The summed E-state index contributed by atoms with van der Waals surface area (Å²) in [5.41, 5.74) is 1.64. The third kappa shape index (κ3) is 4.85. The van der Waals surface area contributed by atoms with Crippen LogP contribution in [0, 0.1) is 0 Å². The molecule has 1 fully saturated rings. The third-order valence-electron chi connectivity index (χ3n) is 5.25. The van der Waals surface area contributed by atoms with Gasteiger partial charge in [0.05, 0.1) is 14.2 Å². The van der Waals surface area contributed by atoms with E-state index in [4.69, 9.17) is 13.9 Å². The van der Waals surface area contributed by atoms with E-state index in [0.29, 0.717) is 22.6 Å².